The summed E-state index contributed by atoms with van der Waals surface area (Å²) in [5.74, 6) is 1.83. The molecule has 0 aromatic rings. The fourth-order valence-corrected chi connectivity index (χ4v) is 5.29. The highest BCUT2D eigenvalue weighted by atomic mass is 16.4. The zero-order valence-corrected chi connectivity index (χ0v) is 9.91. The van der Waals surface area contributed by atoms with E-state index in [0.717, 1.165) is 11.8 Å². The standard InChI is InChI=1S/C14H20O2/c1-8(13(15)16)12-11-4-9-3-10(5-11)7-14(12,2)6-9/h9-12H,1,3-7H2,2H3,(H,15,16). The Morgan fingerprint density at radius 3 is 2.25 bits per heavy atom. The molecule has 2 heteroatoms. The summed E-state index contributed by atoms with van der Waals surface area (Å²) in [7, 11) is 0. The number of hydrogen-bond donors (Lipinski definition) is 1. The molecule has 16 heavy (non-hydrogen) atoms. The van der Waals surface area contributed by atoms with Crippen LogP contribution in [0.3, 0.4) is 0 Å². The Kier molecular flexibility index (Phi) is 2.02. The van der Waals surface area contributed by atoms with Crippen molar-refractivity contribution in [3.8, 4) is 0 Å². The zero-order chi connectivity index (χ0) is 11.5. The molecule has 1 N–H and O–H groups in total. The van der Waals surface area contributed by atoms with Gasteiger partial charge in [0.15, 0.2) is 0 Å². The minimum Gasteiger partial charge on any atom is -0.478 e. The third-order valence-electron chi connectivity index (χ3n) is 5.32. The second-order valence-electron chi connectivity index (χ2n) is 6.57. The van der Waals surface area contributed by atoms with E-state index in [1.807, 2.05) is 0 Å². The lowest BCUT2D eigenvalue weighted by atomic mass is 9.44. The zero-order valence-electron chi connectivity index (χ0n) is 9.91. The molecule has 0 radical (unpaired) electrons. The van der Waals surface area contributed by atoms with E-state index in [-0.39, 0.29) is 11.3 Å². The van der Waals surface area contributed by atoms with Crippen LogP contribution in [-0.4, -0.2) is 11.1 Å². The van der Waals surface area contributed by atoms with E-state index in [2.05, 4.69) is 13.5 Å². The molecule has 4 aliphatic rings. The molecule has 4 rings (SSSR count). The van der Waals surface area contributed by atoms with Gasteiger partial charge in [-0.05, 0) is 61.2 Å². The summed E-state index contributed by atoms with van der Waals surface area (Å²) in [5.41, 5.74) is 0.718. The largest absolute Gasteiger partial charge is 0.478 e. The number of rotatable bonds is 2. The highest BCUT2D eigenvalue weighted by molar-refractivity contribution is 5.86. The molecule has 4 saturated carbocycles. The second kappa shape index (κ2) is 3.12. The lowest BCUT2D eigenvalue weighted by Crippen LogP contribution is -2.52. The average Bonchev–Trinajstić information content (AvgIpc) is 2.13. The van der Waals surface area contributed by atoms with E-state index in [9.17, 15) is 9.90 Å². The van der Waals surface area contributed by atoms with Gasteiger partial charge in [-0.15, -0.1) is 0 Å². The van der Waals surface area contributed by atoms with Crippen molar-refractivity contribution in [2.45, 2.75) is 39.0 Å². The van der Waals surface area contributed by atoms with Gasteiger partial charge in [0, 0.05) is 5.57 Å². The van der Waals surface area contributed by atoms with Crippen LogP contribution < -0.4 is 0 Å². The molecule has 0 aliphatic heterocycles. The van der Waals surface area contributed by atoms with Crippen LogP contribution in [0.25, 0.3) is 0 Å². The highest BCUT2D eigenvalue weighted by Gasteiger charge is 2.55. The molecule has 0 aromatic heterocycles. The highest BCUT2D eigenvalue weighted by Crippen LogP contribution is 2.64. The Morgan fingerprint density at radius 1 is 1.25 bits per heavy atom. The van der Waals surface area contributed by atoms with Crippen molar-refractivity contribution in [1.82, 2.24) is 0 Å². The molecule has 0 aromatic carbocycles. The minimum absolute atomic E-state index is 0.240. The predicted molar refractivity (Wildman–Crippen MR) is 61.9 cm³/mol. The molecular formula is C14H20O2. The summed E-state index contributed by atoms with van der Waals surface area (Å²) in [6.45, 7) is 6.15. The predicted octanol–water partition coefficient (Wildman–Crippen LogP) is 3.09. The van der Waals surface area contributed by atoms with Crippen molar-refractivity contribution in [2.75, 3.05) is 0 Å². The average molecular weight is 220 g/mol. The van der Waals surface area contributed by atoms with Gasteiger partial charge < -0.3 is 5.11 Å². The van der Waals surface area contributed by atoms with Crippen molar-refractivity contribution >= 4 is 5.97 Å². The first-order valence-corrected chi connectivity index (χ1v) is 6.42. The molecular weight excluding hydrogens is 200 g/mol. The lowest BCUT2D eigenvalue weighted by molar-refractivity contribution is -0.138. The molecule has 3 atom stereocenters. The van der Waals surface area contributed by atoms with Gasteiger partial charge in [-0.3, -0.25) is 0 Å². The number of carboxylic acids is 1. The van der Waals surface area contributed by atoms with Crippen LogP contribution >= 0.6 is 0 Å². The van der Waals surface area contributed by atoms with Crippen LogP contribution in [0.15, 0.2) is 12.2 Å². The smallest absolute Gasteiger partial charge is 0.331 e. The summed E-state index contributed by atoms with van der Waals surface area (Å²) >= 11 is 0. The van der Waals surface area contributed by atoms with E-state index in [1.54, 1.807) is 0 Å². The third-order valence-corrected chi connectivity index (χ3v) is 5.32. The minimum atomic E-state index is -0.779. The Labute approximate surface area is 96.7 Å². The van der Waals surface area contributed by atoms with Crippen LogP contribution in [-0.2, 0) is 4.79 Å². The fourth-order valence-electron chi connectivity index (χ4n) is 5.29. The van der Waals surface area contributed by atoms with Gasteiger partial charge in [-0.1, -0.05) is 13.5 Å². The first kappa shape index (κ1) is 10.4. The maximum Gasteiger partial charge on any atom is 0.331 e. The molecule has 0 spiro atoms. The Bertz CT molecular complexity index is 344. The molecule has 4 aliphatic carbocycles. The molecule has 0 saturated heterocycles. The van der Waals surface area contributed by atoms with E-state index < -0.39 is 5.97 Å². The lowest BCUT2D eigenvalue weighted by Gasteiger charge is -2.60. The normalized spacial score (nSPS) is 49.3. The van der Waals surface area contributed by atoms with E-state index in [0.29, 0.717) is 11.5 Å². The third kappa shape index (κ3) is 1.28. The van der Waals surface area contributed by atoms with Crippen molar-refractivity contribution < 1.29 is 9.90 Å². The summed E-state index contributed by atoms with van der Waals surface area (Å²) in [5, 5.41) is 9.18. The summed E-state index contributed by atoms with van der Waals surface area (Å²) in [6.07, 6.45) is 6.37. The van der Waals surface area contributed by atoms with Crippen LogP contribution in [0, 0.1) is 29.1 Å². The molecule has 4 fully saturated rings. The van der Waals surface area contributed by atoms with Gasteiger partial charge >= 0.3 is 5.97 Å². The Morgan fingerprint density at radius 2 is 1.81 bits per heavy atom. The van der Waals surface area contributed by atoms with Gasteiger partial charge in [0.1, 0.15) is 0 Å². The van der Waals surface area contributed by atoms with E-state index in [4.69, 9.17) is 0 Å². The van der Waals surface area contributed by atoms with Gasteiger partial charge in [-0.2, -0.15) is 0 Å². The van der Waals surface area contributed by atoms with Gasteiger partial charge in [-0.25, -0.2) is 4.79 Å². The van der Waals surface area contributed by atoms with Crippen LogP contribution in [0.2, 0.25) is 0 Å². The Balaban J connectivity index is 1.94. The van der Waals surface area contributed by atoms with Gasteiger partial charge in [0.2, 0.25) is 0 Å². The number of aliphatic carboxylic acids is 1. The molecule has 3 unspecified atom stereocenters. The van der Waals surface area contributed by atoms with Crippen molar-refractivity contribution in [1.29, 1.82) is 0 Å². The Hall–Kier alpha value is -0.790. The molecule has 4 bridgehead atoms. The fraction of sp³-hybridized carbons (Fsp3) is 0.786. The van der Waals surface area contributed by atoms with Gasteiger partial charge in [0.25, 0.3) is 0 Å². The van der Waals surface area contributed by atoms with Crippen molar-refractivity contribution in [3.05, 3.63) is 12.2 Å². The monoisotopic (exact) mass is 220 g/mol. The maximum atomic E-state index is 11.2. The molecule has 88 valence electrons. The SMILES string of the molecule is C=C(C(=O)O)C1C2CC3CC(C2)CC1(C)C3. The number of carbonyl (C=O) groups is 1. The number of carboxylic acid groups (broad SMARTS) is 1. The summed E-state index contributed by atoms with van der Waals surface area (Å²) < 4.78 is 0. The first-order chi connectivity index (χ1) is 7.49. The topological polar surface area (TPSA) is 37.3 Å². The number of hydrogen-bond acceptors (Lipinski definition) is 1. The second-order valence-corrected chi connectivity index (χ2v) is 6.57. The van der Waals surface area contributed by atoms with Gasteiger partial charge in [0.05, 0.1) is 0 Å². The van der Waals surface area contributed by atoms with Crippen LogP contribution in [0.5, 0.6) is 0 Å². The molecule has 2 nitrogen and oxygen atoms in total. The van der Waals surface area contributed by atoms with Crippen molar-refractivity contribution in [2.24, 2.45) is 29.1 Å². The van der Waals surface area contributed by atoms with Crippen molar-refractivity contribution in [3.63, 3.8) is 0 Å². The van der Waals surface area contributed by atoms with E-state index >= 15 is 0 Å². The molecule has 0 amide bonds. The molecule has 0 heterocycles. The van der Waals surface area contributed by atoms with Crippen LogP contribution in [0.1, 0.15) is 39.0 Å². The quantitative estimate of drug-likeness (QED) is 0.726. The summed E-state index contributed by atoms with van der Waals surface area (Å²) in [6, 6.07) is 0. The maximum absolute atomic E-state index is 11.2. The first-order valence-electron chi connectivity index (χ1n) is 6.42. The van der Waals surface area contributed by atoms with Crippen LogP contribution in [0.4, 0.5) is 0 Å². The summed E-state index contributed by atoms with van der Waals surface area (Å²) in [4.78, 5) is 11.2. The van der Waals surface area contributed by atoms with E-state index in [1.165, 1.54) is 32.1 Å².